The van der Waals surface area contributed by atoms with Crippen LogP contribution in [0, 0.1) is 0 Å². The highest BCUT2D eigenvalue weighted by atomic mass is 35.5. The van der Waals surface area contributed by atoms with Gasteiger partial charge in [-0.3, -0.25) is 0 Å². The van der Waals surface area contributed by atoms with Crippen LogP contribution in [-0.2, 0) is 18.8 Å². The van der Waals surface area contributed by atoms with Crippen molar-refractivity contribution in [3.63, 3.8) is 0 Å². The van der Waals surface area contributed by atoms with E-state index in [4.69, 9.17) is 16.6 Å². The lowest BCUT2D eigenvalue weighted by molar-refractivity contribution is 0.586. The number of pyridine rings is 1. The maximum atomic E-state index is 6.29. The van der Waals surface area contributed by atoms with Crippen molar-refractivity contribution >= 4 is 28.3 Å². The average molecular weight is 337 g/mol. The number of anilines is 1. The molecule has 0 saturated heterocycles. The van der Waals surface area contributed by atoms with E-state index in [2.05, 4.69) is 38.1 Å². The molecule has 0 amide bonds. The van der Waals surface area contributed by atoms with Gasteiger partial charge in [0.05, 0.1) is 23.2 Å². The molecule has 0 aliphatic rings. The van der Waals surface area contributed by atoms with Gasteiger partial charge in [0, 0.05) is 23.8 Å². The van der Waals surface area contributed by atoms with Gasteiger partial charge >= 0.3 is 0 Å². The minimum Gasteiger partial charge on any atom is -0.381 e. The Morgan fingerprint density at radius 2 is 1.87 bits per heavy atom. The summed E-state index contributed by atoms with van der Waals surface area (Å²) in [5.41, 5.74) is 4.33. The molecule has 0 unspecified atom stereocenters. The fraction of sp³-hybridized carbons (Fsp3) is 0.667. The van der Waals surface area contributed by atoms with E-state index < -0.39 is 0 Å². The van der Waals surface area contributed by atoms with Gasteiger partial charge in [0.1, 0.15) is 0 Å². The van der Waals surface area contributed by atoms with Crippen LogP contribution < -0.4 is 5.32 Å². The average Bonchev–Trinajstić information content (AvgIpc) is 2.97. The number of alkyl halides is 1. The van der Waals surface area contributed by atoms with Gasteiger partial charge in [0.2, 0.25) is 0 Å². The molecule has 4 nitrogen and oxygen atoms in total. The zero-order valence-electron chi connectivity index (χ0n) is 14.8. The summed E-state index contributed by atoms with van der Waals surface area (Å²) < 4.78 is 1.96. The molecule has 2 aromatic rings. The van der Waals surface area contributed by atoms with Gasteiger partial charge in [0.15, 0.2) is 5.65 Å². The van der Waals surface area contributed by atoms with Gasteiger partial charge in [-0.15, -0.1) is 11.6 Å². The smallest absolute Gasteiger partial charge is 0.160 e. The van der Waals surface area contributed by atoms with Gasteiger partial charge in [-0.05, 0) is 26.2 Å². The summed E-state index contributed by atoms with van der Waals surface area (Å²) in [6.45, 7) is 9.53. The number of nitrogens with zero attached hydrogens (tertiary/aromatic N) is 3. The number of fused-ring (bicyclic) bond motifs is 1. The first-order chi connectivity index (χ1) is 11.2. The van der Waals surface area contributed by atoms with E-state index in [-0.39, 0.29) is 0 Å². The molecule has 0 aliphatic carbocycles. The monoisotopic (exact) mass is 336 g/mol. The summed E-state index contributed by atoms with van der Waals surface area (Å²) >= 11 is 6.29. The maximum Gasteiger partial charge on any atom is 0.160 e. The van der Waals surface area contributed by atoms with Crippen LogP contribution in [0.4, 0.5) is 5.69 Å². The van der Waals surface area contributed by atoms with Crippen LogP contribution in [0.25, 0.3) is 11.0 Å². The third kappa shape index (κ3) is 3.79. The lowest BCUT2D eigenvalue weighted by Gasteiger charge is -2.22. The van der Waals surface area contributed by atoms with E-state index in [1.807, 2.05) is 10.9 Å². The van der Waals surface area contributed by atoms with Crippen LogP contribution in [0.1, 0.15) is 64.6 Å². The van der Waals surface area contributed by atoms with Crippen LogP contribution in [-0.4, -0.2) is 20.8 Å². The molecule has 2 rings (SSSR count). The van der Waals surface area contributed by atoms with E-state index >= 15 is 0 Å². The molecule has 0 aromatic carbocycles. The molecule has 2 heterocycles. The summed E-state index contributed by atoms with van der Waals surface area (Å²) in [5, 5.41) is 9.37. The lowest BCUT2D eigenvalue weighted by atomic mass is 10.0. The Morgan fingerprint density at radius 1 is 1.17 bits per heavy atom. The predicted octanol–water partition coefficient (Wildman–Crippen LogP) is 5.13. The van der Waals surface area contributed by atoms with Crippen molar-refractivity contribution in [3.05, 3.63) is 17.5 Å². The Labute approximate surface area is 144 Å². The van der Waals surface area contributed by atoms with Gasteiger partial charge in [-0.25, -0.2) is 9.67 Å². The zero-order chi connectivity index (χ0) is 16.8. The Bertz CT molecular complexity index is 629. The molecular formula is C18H29ClN4. The van der Waals surface area contributed by atoms with Gasteiger partial charge in [0.25, 0.3) is 0 Å². The molecule has 23 heavy (non-hydrogen) atoms. The van der Waals surface area contributed by atoms with Crippen molar-refractivity contribution in [2.75, 3.05) is 5.32 Å². The summed E-state index contributed by atoms with van der Waals surface area (Å²) in [6.07, 6.45) is 7.51. The van der Waals surface area contributed by atoms with Crippen molar-refractivity contribution in [1.82, 2.24) is 14.8 Å². The van der Waals surface area contributed by atoms with Crippen LogP contribution in [0.15, 0.2) is 6.20 Å². The summed E-state index contributed by atoms with van der Waals surface area (Å²) in [4.78, 5) is 4.83. The van der Waals surface area contributed by atoms with Crippen LogP contribution in [0.2, 0.25) is 0 Å². The second-order valence-electron chi connectivity index (χ2n) is 6.02. The fourth-order valence-corrected chi connectivity index (χ4v) is 3.49. The number of aromatic nitrogens is 3. The minimum atomic E-state index is 0.479. The highest BCUT2D eigenvalue weighted by Gasteiger charge is 2.19. The Kier molecular flexibility index (Phi) is 6.70. The number of aryl methyl sites for hydroxylation is 2. The molecule has 2 aromatic heterocycles. The molecule has 0 fully saturated rings. The van der Waals surface area contributed by atoms with Crippen LogP contribution in [0.3, 0.4) is 0 Å². The maximum absolute atomic E-state index is 6.29. The molecule has 0 spiro atoms. The van der Waals surface area contributed by atoms with Gasteiger partial charge in [-0.2, -0.15) is 5.10 Å². The molecule has 0 aliphatic heterocycles. The third-order valence-electron chi connectivity index (χ3n) is 4.36. The molecule has 0 atom stereocenters. The summed E-state index contributed by atoms with van der Waals surface area (Å²) in [6, 6.07) is 0.479. The Hall–Kier alpha value is -1.29. The first kappa shape index (κ1) is 18.1. The van der Waals surface area contributed by atoms with E-state index in [1.165, 1.54) is 25.7 Å². The SMILES string of the molecule is CCCC(CCC)Nc1c(CCl)c(CC)nc2c1cnn2CC. The third-order valence-corrected chi connectivity index (χ3v) is 4.63. The van der Waals surface area contributed by atoms with Crippen molar-refractivity contribution in [1.29, 1.82) is 0 Å². The molecule has 128 valence electrons. The van der Waals surface area contributed by atoms with Gasteiger partial charge < -0.3 is 5.32 Å². The standard InChI is InChI=1S/C18H29ClN4/c1-5-9-13(10-6-2)21-17-14(11-19)16(7-3)22-18-15(17)12-20-23(18)8-4/h12-13H,5-11H2,1-4H3,(H,21,22). The predicted molar refractivity (Wildman–Crippen MR) is 99.4 cm³/mol. The number of rotatable bonds is 9. The van der Waals surface area contributed by atoms with Crippen molar-refractivity contribution in [2.45, 2.75) is 78.3 Å². The van der Waals surface area contributed by atoms with E-state index in [9.17, 15) is 0 Å². The topological polar surface area (TPSA) is 42.7 Å². The first-order valence-corrected chi connectivity index (χ1v) is 9.43. The number of halogens is 1. The minimum absolute atomic E-state index is 0.479. The second-order valence-corrected chi connectivity index (χ2v) is 6.28. The molecule has 1 N–H and O–H groups in total. The number of hydrogen-bond acceptors (Lipinski definition) is 3. The second kappa shape index (κ2) is 8.53. The molecule has 0 bridgehead atoms. The van der Waals surface area contributed by atoms with E-state index in [1.54, 1.807) is 0 Å². The highest BCUT2D eigenvalue weighted by Crippen LogP contribution is 2.32. The lowest BCUT2D eigenvalue weighted by Crippen LogP contribution is -2.20. The molecule has 0 radical (unpaired) electrons. The number of nitrogens with one attached hydrogen (secondary N) is 1. The van der Waals surface area contributed by atoms with E-state index in [0.29, 0.717) is 11.9 Å². The molecule has 0 saturated carbocycles. The Morgan fingerprint density at radius 3 is 2.39 bits per heavy atom. The van der Waals surface area contributed by atoms with Crippen molar-refractivity contribution < 1.29 is 0 Å². The fourth-order valence-electron chi connectivity index (χ4n) is 3.20. The molecular weight excluding hydrogens is 308 g/mol. The zero-order valence-corrected chi connectivity index (χ0v) is 15.6. The summed E-state index contributed by atoms with van der Waals surface area (Å²) in [7, 11) is 0. The van der Waals surface area contributed by atoms with Crippen LogP contribution in [0.5, 0.6) is 0 Å². The van der Waals surface area contributed by atoms with Gasteiger partial charge in [-0.1, -0.05) is 33.6 Å². The van der Waals surface area contributed by atoms with Crippen LogP contribution >= 0.6 is 11.6 Å². The number of hydrogen-bond donors (Lipinski definition) is 1. The molecule has 5 heteroatoms. The first-order valence-electron chi connectivity index (χ1n) is 8.89. The highest BCUT2D eigenvalue weighted by molar-refractivity contribution is 6.18. The quantitative estimate of drug-likeness (QED) is 0.645. The summed E-state index contributed by atoms with van der Waals surface area (Å²) in [5.74, 6) is 0.483. The van der Waals surface area contributed by atoms with Crippen molar-refractivity contribution in [2.24, 2.45) is 0 Å². The largest absolute Gasteiger partial charge is 0.381 e. The van der Waals surface area contributed by atoms with Crippen molar-refractivity contribution in [3.8, 4) is 0 Å². The van der Waals surface area contributed by atoms with E-state index in [0.717, 1.165) is 40.9 Å². The normalized spacial score (nSPS) is 11.6. The Balaban J connectivity index is 2.55.